The van der Waals surface area contributed by atoms with Crippen LogP contribution in [0.3, 0.4) is 0 Å². The summed E-state index contributed by atoms with van der Waals surface area (Å²) in [6.45, 7) is 10.4. The average molecular weight is 686 g/mol. The maximum absolute atomic E-state index is 14.7. The molecule has 0 saturated carbocycles. The molecule has 3 amide bonds. The summed E-state index contributed by atoms with van der Waals surface area (Å²) in [6, 6.07) is 17.5. The molecule has 50 heavy (non-hydrogen) atoms. The number of rotatable bonds is 19. The van der Waals surface area contributed by atoms with Crippen LogP contribution in [0.15, 0.2) is 86.0 Å². The van der Waals surface area contributed by atoms with Crippen molar-refractivity contribution in [3.8, 4) is 0 Å². The van der Waals surface area contributed by atoms with Crippen LogP contribution in [-0.2, 0) is 35.2 Å². The third-order valence-electron chi connectivity index (χ3n) is 10.3. The zero-order chi connectivity index (χ0) is 35.7. The summed E-state index contributed by atoms with van der Waals surface area (Å²) in [5.74, 6) is -3.03. The number of benzene rings is 2. The van der Waals surface area contributed by atoms with Gasteiger partial charge in [0.1, 0.15) is 17.7 Å². The number of nitrogens with zero attached hydrogens (tertiary/aromatic N) is 2. The first-order chi connectivity index (χ1) is 24.2. The van der Waals surface area contributed by atoms with Crippen molar-refractivity contribution in [3.05, 3.63) is 97.1 Å². The number of hydrogen-bond donors (Lipinski definition) is 2. The van der Waals surface area contributed by atoms with E-state index in [2.05, 4.69) is 18.5 Å². The van der Waals surface area contributed by atoms with Crippen LogP contribution < -0.4 is 5.32 Å². The average Bonchev–Trinajstić information content (AvgIpc) is 3.77. The van der Waals surface area contributed by atoms with Crippen LogP contribution in [-0.4, -0.2) is 82.1 Å². The van der Waals surface area contributed by atoms with Gasteiger partial charge in [-0.25, -0.2) is 0 Å². The lowest BCUT2D eigenvalue weighted by Gasteiger charge is -2.37. The standard InChI is InChI=1S/C40H51N3O7/c1-4-6-21-32(45)41-28(3)35(30-19-13-10-14-20-30)49-39(48)33-31-22-23-40(50-31)34(33)37(46)43(25-15-7-8-16-26-44)36(40)38(47)42(24-5-2)27-29-17-11-9-12-18-29/h4-5,9-14,17-20,28,31,33-36,44H,1-2,6-8,15-16,21-27H2,3H3,(H,41,45)/t28-,31+,33-,34-,35-,36+,40-/m0/s1. The summed E-state index contributed by atoms with van der Waals surface area (Å²) in [5, 5.41) is 12.2. The lowest BCUT2D eigenvalue weighted by atomic mass is 9.70. The van der Waals surface area contributed by atoms with E-state index >= 15 is 0 Å². The molecular formula is C40H51N3O7. The van der Waals surface area contributed by atoms with Crippen LogP contribution in [0.25, 0.3) is 0 Å². The third kappa shape index (κ3) is 7.87. The topological polar surface area (TPSA) is 125 Å². The van der Waals surface area contributed by atoms with E-state index in [1.807, 2.05) is 60.7 Å². The van der Waals surface area contributed by atoms with Gasteiger partial charge in [-0.3, -0.25) is 19.2 Å². The summed E-state index contributed by atoms with van der Waals surface area (Å²) in [5.41, 5.74) is 0.496. The number of aliphatic hydroxyl groups is 1. The molecule has 10 nitrogen and oxygen atoms in total. The monoisotopic (exact) mass is 685 g/mol. The second-order valence-corrected chi connectivity index (χ2v) is 13.7. The van der Waals surface area contributed by atoms with Crippen molar-refractivity contribution in [2.24, 2.45) is 11.8 Å². The predicted molar refractivity (Wildman–Crippen MR) is 189 cm³/mol. The molecule has 2 aromatic rings. The van der Waals surface area contributed by atoms with Gasteiger partial charge in [-0.2, -0.15) is 0 Å². The number of unbranched alkanes of at least 4 members (excludes halogenated alkanes) is 3. The molecule has 2 N–H and O–H groups in total. The number of aliphatic hydroxyl groups excluding tert-OH is 1. The number of hydrogen-bond acceptors (Lipinski definition) is 7. The Balaban J connectivity index is 1.43. The molecule has 3 aliphatic rings. The van der Waals surface area contributed by atoms with E-state index in [-0.39, 0.29) is 37.3 Å². The van der Waals surface area contributed by atoms with Crippen molar-refractivity contribution in [1.29, 1.82) is 0 Å². The minimum absolute atomic E-state index is 0.102. The van der Waals surface area contributed by atoms with E-state index in [1.54, 1.807) is 28.9 Å². The summed E-state index contributed by atoms with van der Waals surface area (Å²) >= 11 is 0. The van der Waals surface area contributed by atoms with Gasteiger partial charge in [-0.1, -0.05) is 85.7 Å². The van der Waals surface area contributed by atoms with Crippen molar-refractivity contribution < 1.29 is 33.8 Å². The second-order valence-electron chi connectivity index (χ2n) is 13.7. The molecule has 2 bridgehead atoms. The normalized spacial score (nSPS) is 24.7. The fourth-order valence-corrected chi connectivity index (χ4v) is 7.99. The lowest BCUT2D eigenvalue weighted by Crippen LogP contribution is -2.56. The molecule has 10 heteroatoms. The Kier molecular flexibility index (Phi) is 12.6. The Morgan fingerprint density at radius 2 is 1.76 bits per heavy atom. The van der Waals surface area contributed by atoms with Gasteiger partial charge in [0.25, 0.3) is 0 Å². The Labute approximate surface area is 295 Å². The van der Waals surface area contributed by atoms with Crippen molar-refractivity contribution in [2.45, 2.75) is 94.7 Å². The molecule has 3 aliphatic heterocycles. The number of fused-ring (bicyclic) bond motifs is 1. The number of amides is 3. The van der Waals surface area contributed by atoms with Crippen LogP contribution in [0, 0.1) is 11.8 Å². The van der Waals surface area contributed by atoms with E-state index in [9.17, 15) is 24.3 Å². The Hall–Kier alpha value is -4.28. The van der Waals surface area contributed by atoms with Crippen molar-refractivity contribution in [1.82, 2.24) is 15.1 Å². The molecule has 7 atom stereocenters. The number of carbonyl (C=O) groups is 4. The lowest BCUT2D eigenvalue weighted by molar-refractivity contribution is -0.162. The SMILES string of the molecule is C=CCCC(=O)N[C@@H](C)[C@H](OC(=O)[C@@H]1[C@H]2C(=O)N(CCCCCCO)[C@H](C(=O)N(CC=C)Cc3ccccc3)[C@]23CC[C@H]1O3)c1ccccc1. The molecule has 3 fully saturated rings. The Bertz CT molecular complexity index is 1500. The van der Waals surface area contributed by atoms with Gasteiger partial charge in [-0.05, 0) is 50.2 Å². The summed E-state index contributed by atoms with van der Waals surface area (Å²) in [6.07, 6.45) is 6.66. The zero-order valence-corrected chi connectivity index (χ0v) is 29.1. The van der Waals surface area contributed by atoms with Gasteiger partial charge < -0.3 is 29.7 Å². The molecule has 0 aliphatic carbocycles. The van der Waals surface area contributed by atoms with Gasteiger partial charge in [0.2, 0.25) is 17.7 Å². The molecule has 268 valence electrons. The van der Waals surface area contributed by atoms with Crippen LogP contribution in [0.2, 0.25) is 0 Å². The van der Waals surface area contributed by atoms with E-state index in [4.69, 9.17) is 9.47 Å². The highest BCUT2D eigenvalue weighted by atomic mass is 16.6. The zero-order valence-electron chi connectivity index (χ0n) is 29.1. The molecule has 3 saturated heterocycles. The van der Waals surface area contributed by atoms with Crippen molar-refractivity contribution in [2.75, 3.05) is 19.7 Å². The van der Waals surface area contributed by atoms with Crippen LogP contribution >= 0.6 is 0 Å². The molecule has 0 radical (unpaired) electrons. The quantitative estimate of drug-likeness (QED) is 0.123. The maximum atomic E-state index is 14.7. The second kappa shape index (κ2) is 17.1. The number of likely N-dealkylation sites (tertiary alicyclic amines) is 1. The van der Waals surface area contributed by atoms with Crippen molar-refractivity contribution >= 4 is 23.7 Å². The maximum Gasteiger partial charge on any atom is 0.313 e. The van der Waals surface area contributed by atoms with E-state index < -0.39 is 47.7 Å². The molecule has 1 spiro atoms. The molecule has 2 aromatic carbocycles. The van der Waals surface area contributed by atoms with Gasteiger partial charge >= 0.3 is 5.97 Å². The summed E-state index contributed by atoms with van der Waals surface area (Å²) in [7, 11) is 0. The number of ether oxygens (including phenoxy) is 2. The number of nitrogens with one attached hydrogen (secondary N) is 1. The highest BCUT2D eigenvalue weighted by Gasteiger charge is 2.75. The predicted octanol–water partition coefficient (Wildman–Crippen LogP) is 4.88. The highest BCUT2D eigenvalue weighted by molar-refractivity contribution is 5.98. The first-order valence-electron chi connectivity index (χ1n) is 17.9. The fourth-order valence-electron chi connectivity index (χ4n) is 7.99. The highest BCUT2D eigenvalue weighted by Crippen LogP contribution is 2.59. The van der Waals surface area contributed by atoms with Crippen molar-refractivity contribution in [3.63, 3.8) is 0 Å². The minimum atomic E-state index is -1.17. The third-order valence-corrected chi connectivity index (χ3v) is 10.3. The van der Waals surface area contributed by atoms with E-state index in [1.165, 1.54) is 0 Å². The largest absolute Gasteiger partial charge is 0.455 e. The van der Waals surface area contributed by atoms with E-state index in [0.717, 1.165) is 18.4 Å². The van der Waals surface area contributed by atoms with E-state index in [0.29, 0.717) is 50.8 Å². The summed E-state index contributed by atoms with van der Waals surface area (Å²) in [4.78, 5) is 59.6. The van der Waals surface area contributed by atoms with Gasteiger partial charge in [0, 0.05) is 32.7 Å². The van der Waals surface area contributed by atoms with Crippen LogP contribution in [0.1, 0.15) is 75.5 Å². The molecular weight excluding hydrogens is 634 g/mol. The number of allylic oxidation sites excluding steroid dienone is 1. The van der Waals surface area contributed by atoms with Gasteiger partial charge in [0.05, 0.1) is 24.0 Å². The first kappa shape index (κ1) is 37.0. The minimum Gasteiger partial charge on any atom is -0.455 e. The van der Waals surface area contributed by atoms with Gasteiger partial charge in [0.15, 0.2) is 0 Å². The van der Waals surface area contributed by atoms with Crippen LogP contribution in [0.5, 0.6) is 0 Å². The number of carbonyl (C=O) groups excluding carboxylic acids is 4. The first-order valence-corrected chi connectivity index (χ1v) is 17.9. The fraction of sp³-hybridized carbons (Fsp3) is 0.500. The molecule has 0 unspecified atom stereocenters. The van der Waals surface area contributed by atoms with Crippen LogP contribution in [0.4, 0.5) is 0 Å². The van der Waals surface area contributed by atoms with Gasteiger partial charge in [-0.15, -0.1) is 13.2 Å². The Morgan fingerprint density at radius 1 is 1.06 bits per heavy atom. The Morgan fingerprint density at radius 3 is 2.44 bits per heavy atom. The molecule has 5 rings (SSSR count). The molecule has 3 heterocycles. The molecule has 0 aromatic heterocycles. The summed E-state index contributed by atoms with van der Waals surface area (Å²) < 4.78 is 12.9. The number of esters is 1. The smallest absolute Gasteiger partial charge is 0.313 e.